The van der Waals surface area contributed by atoms with E-state index in [0.29, 0.717) is 16.8 Å². The Morgan fingerprint density at radius 3 is 2.80 bits per heavy atom. The van der Waals surface area contributed by atoms with Gasteiger partial charge >= 0.3 is 0 Å². The average molecular weight is 297 g/mol. The maximum Gasteiger partial charge on any atom is 0.258 e. The lowest BCUT2D eigenvalue weighted by atomic mass is 10.2. The first-order chi connectivity index (χ1) is 9.54. The number of amides is 2. The van der Waals surface area contributed by atoms with Gasteiger partial charge in [-0.3, -0.25) is 9.59 Å². The lowest BCUT2D eigenvalue weighted by molar-refractivity contribution is -0.127. The first kappa shape index (κ1) is 14.7. The van der Waals surface area contributed by atoms with Crippen molar-refractivity contribution in [2.45, 2.75) is 25.8 Å². The number of benzene rings is 1. The standard InChI is InChI=1S/C14H17ClN2O3/c1-9-2-5-11(15)12(6-9)20-8-14(19)16-7-13(18)17-10-3-4-10/h2,5-6,10H,3-4,7-8H2,1H3,(H,16,19)(H,17,18). The molecule has 0 aromatic heterocycles. The number of aryl methyl sites for hydroxylation is 1. The highest BCUT2D eigenvalue weighted by Crippen LogP contribution is 2.25. The molecule has 1 saturated carbocycles. The predicted molar refractivity (Wildman–Crippen MR) is 75.9 cm³/mol. The Balaban J connectivity index is 1.71. The molecule has 2 amide bonds. The third-order valence-corrected chi connectivity index (χ3v) is 3.15. The second-order valence-corrected chi connectivity index (χ2v) is 5.25. The van der Waals surface area contributed by atoms with Crippen LogP contribution in [0.15, 0.2) is 18.2 Å². The van der Waals surface area contributed by atoms with Gasteiger partial charge in [-0.15, -0.1) is 0 Å². The Labute approximate surface area is 122 Å². The number of hydrogen-bond donors (Lipinski definition) is 2. The highest BCUT2D eigenvalue weighted by Gasteiger charge is 2.23. The zero-order chi connectivity index (χ0) is 14.5. The highest BCUT2D eigenvalue weighted by molar-refractivity contribution is 6.32. The van der Waals surface area contributed by atoms with Gasteiger partial charge in [-0.25, -0.2) is 0 Å². The number of ether oxygens (including phenoxy) is 1. The summed E-state index contributed by atoms with van der Waals surface area (Å²) in [6, 6.07) is 5.63. The minimum Gasteiger partial charge on any atom is -0.482 e. The molecule has 0 spiro atoms. The number of nitrogens with one attached hydrogen (secondary N) is 2. The van der Waals surface area contributed by atoms with Gasteiger partial charge in [0.2, 0.25) is 5.91 Å². The second kappa shape index (κ2) is 6.61. The molecule has 2 rings (SSSR count). The van der Waals surface area contributed by atoms with Crippen molar-refractivity contribution in [3.8, 4) is 5.75 Å². The van der Waals surface area contributed by atoms with Gasteiger partial charge in [0, 0.05) is 6.04 Å². The molecule has 5 nitrogen and oxygen atoms in total. The lowest BCUT2D eigenvalue weighted by Crippen LogP contribution is -2.39. The van der Waals surface area contributed by atoms with Crippen molar-refractivity contribution in [3.63, 3.8) is 0 Å². The summed E-state index contributed by atoms with van der Waals surface area (Å²) < 4.78 is 5.33. The first-order valence-electron chi connectivity index (χ1n) is 6.49. The minimum atomic E-state index is -0.353. The Bertz CT molecular complexity index is 515. The van der Waals surface area contributed by atoms with Crippen LogP contribution in [0, 0.1) is 6.92 Å². The third-order valence-electron chi connectivity index (χ3n) is 2.83. The molecular formula is C14H17ClN2O3. The normalized spacial score (nSPS) is 13.7. The number of carbonyl (C=O) groups is 2. The molecule has 1 aliphatic carbocycles. The van der Waals surface area contributed by atoms with Crippen LogP contribution in [0.2, 0.25) is 5.02 Å². The maximum atomic E-state index is 11.6. The molecule has 108 valence electrons. The summed E-state index contributed by atoms with van der Waals surface area (Å²) in [7, 11) is 0. The fourth-order valence-electron chi connectivity index (χ4n) is 1.60. The summed E-state index contributed by atoms with van der Waals surface area (Å²) in [5.41, 5.74) is 0.994. The molecule has 0 heterocycles. The van der Waals surface area contributed by atoms with Crippen molar-refractivity contribution in [1.82, 2.24) is 10.6 Å². The number of halogens is 1. The summed E-state index contributed by atoms with van der Waals surface area (Å²) in [6.45, 7) is 1.71. The zero-order valence-electron chi connectivity index (χ0n) is 11.2. The number of rotatable bonds is 6. The highest BCUT2D eigenvalue weighted by atomic mass is 35.5. The van der Waals surface area contributed by atoms with Crippen LogP contribution in [-0.2, 0) is 9.59 Å². The van der Waals surface area contributed by atoms with Crippen molar-refractivity contribution in [2.24, 2.45) is 0 Å². The summed E-state index contributed by atoms with van der Waals surface area (Å²) >= 11 is 5.95. The van der Waals surface area contributed by atoms with Gasteiger partial charge in [0.05, 0.1) is 11.6 Å². The van der Waals surface area contributed by atoms with E-state index in [4.69, 9.17) is 16.3 Å². The predicted octanol–water partition coefficient (Wildman–Crippen LogP) is 1.42. The molecule has 0 bridgehead atoms. The molecule has 0 unspecified atom stereocenters. The third kappa shape index (κ3) is 4.74. The Morgan fingerprint density at radius 2 is 2.10 bits per heavy atom. The molecular weight excluding hydrogens is 280 g/mol. The van der Waals surface area contributed by atoms with E-state index >= 15 is 0 Å². The number of hydrogen-bond acceptors (Lipinski definition) is 3. The summed E-state index contributed by atoms with van der Waals surface area (Å²) in [6.07, 6.45) is 2.04. The van der Waals surface area contributed by atoms with Gasteiger partial charge in [0.1, 0.15) is 5.75 Å². The fraction of sp³-hybridized carbons (Fsp3) is 0.429. The average Bonchev–Trinajstić information content (AvgIpc) is 3.21. The molecule has 6 heteroatoms. The first-order valence-corrected chi connectivity index (χ1v) is 6.87. The summed E-state index contributed by atoms with van der Waals surface area (Å²) in [5.74, 6) is -0.0628. The van der Waals surface area contributed by atoms with Crippen molar-refractivity contribution in [1.29, 1.82) is 0 Å². The van der Waals surface area contributed by atoms with Gasteiger partial charge in [-0.1, -0.05) is 17.7 Å². The molecule has 0 radical (unpaired) electrons. The van der Waals surface area contributed by atoms with Gasteiger partial charge in [0.25, 0.3) is 5.91 Å². The van der Waals surface area contributed by atoms with Gasteiger partial charge in [-0.05, 0) is 37.5 Å². The maximum absolute atomic E-state index is 11.6. The van der Waals surface area contributed by atoms with Gasteiger partial charge in [-0.2, -0.15) is 0 Å². The van der Waals surface area contributed by atoms with Crippen LogP contribution >= 0.6 is 11.6 Å². The van der Waals surface area contributed by atoms with Crippen molar-refractivity contribution in [3.05, 3.63) is 28.8 Å². The Kier molecular flexibility index (Phi) is 4.84. The smallest absolute Gasteiger partial charge is 0.258 e. The van der Waals surface area contributed by atoms with Crippen molar-refractivity contribution < 1.29 is 14.3 Å². The van der Waals surface area contributed by atoms with E-state index in [2.05, 4.69) is 10.6 Å². The Hall–Kier alpha value is -1.75. The fourth-order valence-corrected chi connectivity index (χ4v) is 1.77. The summed E-state index contributed by atoms with van der Waals surface area (Å²) in [5, 5.41) is 5.74. The van der Waals surface area contributed by atoms with E-state index < -0.39 is 0 Å². The molecule has 0 atom stereocenters. The lowest BCUT2D eigenvalue weighted by Gasteiger charge is -2.09. The topological polar surface area (TPSA) is 67.4 Å². The van der Waals surface area contributed by atoms with Crippen LogP contribution in [0.3, 0.4) is 0 Å². The van der Waals surface area contributed by atoms with Gasteiger partial charge in [0.15, 0.2) is 6.61 Å². The molecule has 1 aromatic rings. The second-order valence-electron chi connectivity index (χ2n) is 4.84. The van der Waals surface area contributed by atoms with E-state index in [1.807, 2.05) is 13.0 Å². The van der Waals surface area contributed by atoms with E-state index in [9.17, 15) is 9.59 Å². The van der Waals surface area contributed by atoms with Crippen LogP contribution in [-0.4, -0.2) is 31.0 Å². The van der Waals surface area contributed by atoms with E-state index in [0.717, 1.165) is 18.4 Å². The van der Waals surface area contributed by atoms with E-state index in [1.54, 1.807) is 12.1 Å². The minimum absolute atomic E-state index is 0.0275. The van der Waals surface area contributed by atoms with Crippen LogP contribution in [0.1, 0.15) is 18.4 Å². The van der Waals surface area contributed by atoms with Crippen molar-refractivity contribution >= 4 is 23.4 Å². The van der Waals surface area contributed by atoms with Crippen LogP contribution in [0.5, 0.6) is 5.75 Å². The van der Waals surface area contributed by atoms with Crippen LogP contribution in [0.4, 0.5) is 0 Å². The molecule has 20 heavy (non-hydrogen) atoms. The van der Waals surface area contributed by atoms with Crippen molar-refractivity contribution in [2.75, 3.05) is 13.2 Å². The zero-order valence-corrected chi connectivity index (χ0v) is 12.0. The molecule has 1 fully saturated rings. The summed E-state index contributed by atoms with van der Waals surface area (Å²) in [4.78, 5) is 22.9. The van der Waals surface area contributed by atoms with Crippen LogP contribution in [0.25, 0.3) is 0 Å². The van der Waals surface area contributed by atoms with Crippen LogP contribution < -0.4 is 15.4 Å². The molecule has 1 aliphatic rings. The van der Waals surface area contributed by atoms with E-state index in [1.165, 1.54) is 0 Å². The molecule has 0 saturated heterocycles. The molecule has 2 N–H and O–H groups in total. The van der Waals surface area contributed by atoms with E-state index in [-0.39, 0.29) is 25.0 Å². The van der Waals surface area contributed by atoms with Gasteiger partial charge < -0.3 is 15.4 Å². The Morgan fingerprint density at radius 1 is 1.35 bits per heavy atom. The quantitative estimate of drug-likeness (QED) is 0.834. The largest absolute Gasteiger partial charge is 0.482 e. The monoisotopic (exact) mass is 296 g/mol. The molecule has 1 aromatic carbocycles. The number of carbonyl (C=O) groups excluding carboxylic acids is 2. The SMILES string of the molecule is Cc1ccc(Cl)c(OCC(=O)NCC(=O)NC2CC2)c1. The molecule has 0 aliphatic heterocycles.